The quantitative estimate of drug-likeness (QED) is 0.910. The van der Waals surface area contributed by atoms with Crippen LogP contribution in [0.4, 0.5) is 0 Å². The van der Waals surface area contributed by atoms with Crippen molar-refractivity contribution in [2.24, 2.45) is 0 Å². The summed E-state index contributed by atoms with van der Waals surface area (Å²) in [6.45, 7) is 3.83. The average Bonchev–Trinajstić information content (AvgIpc) is 2.71. The van der Waals surface area contributed by atoms with Crippen LogP contribution < -0.4 is 5.32 Å². The fourth-order valence-corrected chi connectivity index (χ4v) is 2.99. The van der Waals surface area contributed by atoms with Gasteiger partial charge >= 0.3 is 0 Å². The summed E-state index contributed by atoms with van der Waals surface area (Å²) < 4.78 is 2.68. The van der Waals surface area contributed by atoms with E-state index in [1.54, 1.807) is 4.68 Å². The first-order valence-corrected chi connectivity index (χ1v) is 8.39. The van der Waals surface area contributed by atoms with Crippen molar-refractivity contribution in [2.75, 3.05) is 0 Å². The molecule has 4 nitrogen and oxygen atoms in total. The van der Waals surface area contributed by atoms with Gasteiger partial charge in [0.05, 0.1) is 10.2 Å². The number of halogens is 1. The number of carbonyl (C=O) groups excluding carboxylic acids is 1. The van der Waals surface area contributed by atoms with Crippen LogP contribution in [0.5, 0.6) is 0 Å². The van der Waals surface area contributed by atoms with Gasteiger partial charge in [0.1, 0.15) is 6.04 Å². The summed E-state index contributed by atoms with van der Waals surface area (Å²) in [6.07, 6.45) is 10.5. The highest BCUT2D eigenvalue weighted by Crippen LogP contribution is 2.19. The van der Waals surface area contributed by atoms with Crippen LogP contribution in [0.15, 0.2) is 10.7 Å². The summed E-state index contributed by atoms with van der Waals surface area (Å²) in [6, 6.07) is 0.0794. The van der Waals surface area contributed by atoms with Crippen molar-refractivity contribution in [3.63, 3.8) is 0 Å². The maximum absolute atomic E-state index is 12.3. The molecule has 1 heterocycles. The van der Waals surface area contributed by atoms with E-state index in [2.05, 4.69) is 26.3 Å². The number of aryl methyl sites for hydroxylation is 1. The number of hydrogen-bond donors (Lipinski definition) is 1. The van der Waals surface area contributed by atoms with Gasteiger partial charge < -0.3 is 5.32 Å². The molecule has 1 saturated carbocycles. The van der Waals surface area contributed by atoms with Crippen LogP contribution in [0.2, 0.25) is 0 Å². The molecule has 0 radical (unpaired) electrons. The third kappa shape index (κ3) is 4.08. The summed E-state index contributed by atoms with van der Waals surface area (Å²) in [4.78, 5) is 12.3. The lowest BCUT2D eigenvalue weighted by atomic mass is 9.96. The SMILES string of the molecule is Cc1nn(C(C)C(=O)NC2CCCCCCC2)cc1Br. The van der Waals surface area contributed by atoms with Crippen LogP contribution >= 0.6 is 15.9 Å². The number of carbonyl (C=O) groups is 1. The molecule has 1 atom stereocenters. The Balaban J connectivity index is 1.92. The molecule has 1 aliphatic carbocycles. The first kappa shape index (κ1) is 15.5. The lowest BCUT2D eigenvalue weighted by Gasteiger charge is -2.23. The van der Waals surface area contributed by atoms with Gasteiger partial charge in [-0.2, -0.15) is 5.10 Å². The Kier molecular flexibility index (Phi) is 5.64. The van der Waals surface area contributed by atoms with Gasteiger partial charge in [-0.1, -0.05) is 32.1 Å². The van der Waals surface area contributed by atoms with E-state index in [4.69, 9.17) is 0 Å². The summed E-state index contributed by atoms with van der Waals surface area (Å²) in [5, 5.41) is 7.57. The van der Waals surface area contributed by atoms with Gasteiger partial charge in [0, 0.05) is 12.2 Å². The molecule has 1 aliphatic rings. The third-order valence-electron chi connectivity index (χ3n) is 4.08. The zero-order valence-electron chi connectivity index (χ0n) is 12.4. The predicted molar refractivity (Wildman–Crippen MR) is 83.6 cm³/mol. The van der Waals surface area contributed by atoms with Crippen LogP contribution in [0.3, 0.4) is 0 Å². The second-order valence-electron chi connectivity index (χ2n) is 5.77. The first-order chi connectivity index (χ1) is 9.58. The van der Waals surface area contributed by atoms with Gasteiger partial charge in [0.2, 0.25) is 5.91 Å². The normalized spacial score (nSPS) is 19.1. The summed E-state index contributed by atoms with van der Waals surface area (Å²) in [5.41, 5.74) is 0.913. The fourth-order valence-electron chi connectivity index (χ4n) is 2.70. The minimum absolute atomic E-state index is 0.0746. The highest BCUT2D eigenvalue weighted by molar-refractivity contribution is 9.10. The summed E-state index contributed by atoms with van der Waals surface area (Å²) in [5.74, 6) is 0.0746. The van der Waals surface area contributed by atoms with Crippen LogP contribution in [0, 0.1) is 6.92 Å². The predicted octanol–water partition coefficient (Wildman–Crippen LogP) is 3.74. The Morgan fingerprint density at radius 1 is 1.35 bits per heavy atom. The standard InChI is InChI=1S/C15H24BrN3O/c1-11-14(16)10-19(18-11)12(2)15(20)17-13-8-6-4-3-5-7-9-13/h10,12-13H,3-9H2,1-2H3,(H,17,20). The van der Waals surface area contributed by atoms with E-state index in [0.717, 1.165) is 23.0 Å². The minimum atomic E-state index is -0.259. The smallest absolute Gasteiger partial charge is 0.244 e. The van der Waals surface area contributed by atoms with E-state index in [1.165, 1.54) is 32.1 Å². The Morgan fingerprint density at radius 3 is 2.50 bits per heavy atom. The van der Waals surface area contributed by atoms with Crippen LogP contribution in [-0.4, -0.2) is 21.7 Å². The largest absolute Gasteiger partial charge is 0.352 e. The highest BCUT2D eigenvalue weighted by atomic mass is 79.9. The molecule has 0 aliphatic heterocycles. The van der Waals surface area contributed by atoms with E-state index in [1.807, 2.05) is 20.0 Å². The van der Waals surface area contributed by atoms with Crippen LogP contribution in [0.1, 0.15) is 63.6 Å². The molecule has 0 spiro atoms. The molecule has 0 saturated heterocycles. The molecule has 1 aromatic rings. The topological polar surface area (TPSA) is 46.9 Å². The molecule has 1 amide bonds. The van der Waals surface area contributed by atoms with Crippen molar-refractivity contribution in [1.29, 1.82) is 0 Å². The van der Waals surface area contributed by atoms with Gasteiger partial charge in [0.15, 0.2) is 0 Å². The molecule has 1 unspecified atom stereocenters. The molecule has 5 heteroatoms. The van der Waals surface area contributed by atoms with Gasteiger partial charge in [-0.05, 0) is 42.6 Å². The number of nitrogens with one attached hydrogen (secondary N) is 1. The maximum atomic E-state index is 12.3. The van der Waals surface area contributed by atoms with Crippen molar-refractivity contribution in [3.05, 3.63) is 16.4 Å². The number of aromatic nitrogens is 2. The van der Waals surface area contributed by atoms with Gasteiger partial charge in [-0.3, -0.25) is 9.48 Å². The molecule has 0 aromatic carbocycles. The number of amides is 1. The van der Waals surface area contributed by atoms with Crippen LogP contribution in [0.25, 0.3) is 0 Å². The van der Waals surface area contributed by atoms with E-state index in [0.29, 0.717) is 6.04 Å². The van der Waals surface area contributed by atoms with Gasteiger partial charge in [0.25, 0.3) is 0 Å². The van der Waals surface area contributed by atoms with Crippen LogP contribution in [-0.2, 0) is 4.79 Å². The average molecular weight is 342 g/mol. The monoisotopic (exact) mass is 341 g/mol. The lowest BCUT2D eigenvalue weighted by Crippen LogP contribution is -2.39. The first-order valence-electron chi connectivity index (χ1n) is 7.59. The Bertz CT molecular complexity index is 430. The molecule has 2 rings (SSSR count). The Labute approximate surface area is 129 Å². The Hall–Kier alpha value is -0.840. The van der Waals surface area contributed by atoms with Crippen molar-refractivity contribution >= 4 is 21.8 Å². The van der Waals surface area contributed by atoms with Crippen molar-refractivity contribution in [1.82, 2.24) is 15.1 Å². The zero-order chi connectivity index (χ0) is 14.5. The maximum Gasteiger partial charge on any atom is 0.244 e. The van der Waals surface area contributed by atoms with Gasteiger partial charge in [-0.15, -0.1) is 0 Å². The minimum Gasteiger partial charge on any atom is -0.352 e. The highest BCUT2D eigenvalue weighted by Gasteiger charge is 2.20. The molecule has 1 aromatic heterocycles. The zero-order valence-corrected chi connectivity index (χ0v) is 13.9. The molecular weight excluding hydrogens is 318 g/mol. The number of rotatable bonds is 3. The number of nitrogens with zero attached hydrogens (tertiary/aromatic N) is 2. The third-order valence-corrected chi connectivity index (χ3v) is 4.86. The van der Waals surface area contributed by atoms with E-state index >= 15 is 0 Å². The molecule has 1 N–H and O–H groups in total. The molecule has 1 fully saturated rings. The van der Waals surface area contributed by atoms with Crippen molar-refractivity contribution < 1.29 is 4.79 Å². The van der Waals surface area contributed by atoms with E-state index in [-0.39, 0.29) is 11.9 Å². The molecular formula is C15H24BrN3O. The summed E-state index contributed by atoms with van der Waals surface area (Å²) >= 11 is 3.44. The molecule has 112 valence electrons. The van der Waals surface area contributed by atoms with Gasteiger partial charge in [-0.25, -0.2) is 0 Å². The second kappa shape index (κ2) is 7.25. The fraction of sp³-hybridized carbons (Fsp3) is 0.733. The molecule has 0 bridgehead atoms. The van der Waals surface area contributed by atoms with E-state index < -0.39 is 0 Å². The molecule has 20 heavy (non-hydrogen) atoms. The number of hydrogen-bond acceptors (Lipinski definition) is 2. The second-order valence-corrected chi connectivity index (χ2v) is 6.62. The Morgan fingerprint density at radius 2 is 1.95 bits per heavy atom. The van der Waals surface area contributed by atoms with E-state index in [9.17, 15) is 4.79 Å². The van der Waals surface area contributed by atoms with Crippen molar-refractivity contribution in [3.8, 4) is 0 Å². The lowest BCUT2D eigenvalue weighted by molar-refractivity contribution is -0.125. The van der Waals surface area contributed by atoms with Crippen molar-refractivity contribution in [2.45, 2.75) is 70.9 Å². The summed E-state index contributed by atoms with van der Waals surface area (Å²) in [7, 11) is 0.